The normalized spacial score (nSPS) is 16.3. The van der Waals surface area contributed by atoms with Gasteiger partial charge < -0.3 is 10.6 Å². The van der Waals surface area contributed by atoms with Crippen LogP contribution in [0.4, 0.5) is 13.2 Å². The summed E-state index contributed by atoms with van der Waals surface area (Å²) in [6.07, 6.45) is -1.49. The third-order valence-electron chi connectivity index (χ3n) is 4.03. The van der Waals surface area contributed by atoms with Crippen LogP contribution < -0.4 is 5.73 Å². The van der Waals surface area contributed by atoms with E-state index in [4.69, 9.17) is 17.3 Å². The number of amides is 1. The van der Waals surface area contributed by atoms with E-state index in [1.165, 1.54) is 23.2 Å². The number of likely N-dealkylation sites (tertiary alicyclic amines) is 1. The minimum Gasteiger partial charge on any atom is -0.338 e. The van der Waals surface area contributed by atoms with E-state index in [-0.39, 0.29) is 16.9 Å². The lowest BCUT2D eigenvalue weighted by molar-refractivity contribution is -0.143. The summed E-state index contributed by atoms with van der Waals surface area (Å²) in [5.41, 5.74) is 4.06. The van der Waals surface area contributed by atoms with Crippen molar-refractivity contribution in [1.82, 2.24) is 19.7 Å². The zero-order chi connectivity index (χ0) is 18.2. The van der Waals surface area contributed by atoms with Gasteiger partial charge in [-0.15, -0.1) is 0 Å². The molecule has 25 heavy (non-hydrogen) atoms. The van der Waals surface area contributed by atoms with Crippen LogP contribution in [0.3, 0.4) is 0 Å². The average Bonchev–Trinajstić information content (AvgIpc) is 3.00. The fourth-order valence-electron chi connectivity index (χ4n) is 2.74. The number of nitrogens with zero attached hydrogens (tertiary/aromatic N) is 4. The topological polar surface area (TPSA) is 77.0 Å². The SMILES string of the molecule is NC1CCN(C(=O)c2cnn(-c3ncccc3Cl)c2C(F)(F)F)CC1. The summed E-state index contributed by atoms with van der Waals surface area (Å²) in [5, 5.41) is 3.72. The number of halogens is 4. The Hall–Kier alpha value is -2.13. The molecule has 1 aliphatic rings. The van der Waals surface area contributed by atoms with Gasteiger partial charge in [-0.25, -0.2) is 9.67 Å². The number of hydrogen-bond acceptors (Lipinski definition) is 4. The Morgan fingerprint density at radius 2 is 2.00 bits per heavy atom. The van der Waals surface area contributed by atoms with Crippen LogP contribution in [-0.4, -0.2) is 44.7 Å². The Morgan fingerprint density at radius 3 is 2.60 bits per heavy atom. The summed E-state index contributed by atoms with van der Waals surface area (Å²) in [7, 11) is 0. The van der Waals surface area contributed by atoms with Crippen molar-refractivity contribution in [3.63, 3.8) is 0 Å². The molecule has 0 saturated carbocycles. The molecule has 134 valence electrons. The van der Waals surface area contributed by atoms with Gasteiger partial charge in [0.25, 0.3) is 5.91 Å². The number of hydrogen-bond donors (Lipinski definition) is 1. The monoisotopic (exact) mass is 373 g/mol. The number of carbonyl (C=O) groups is 1. The third-order valence-corrected chi connectivity index (χ3v) is 4.33. The number of piperidine rings is 1. The molecule has 2 aromatic rings. The molecule has 0 radical (unpaired) electrons. The first kappa shape index (κ1) is 17.7. The molecule has 2 aromatic heterocycles. The van der Waals surface area contributed by atoms with Crippen molar-refractivity contribution in [2.24, 2.45) is 5.73 Å². The van der Waals surface area contributed by atoms with Gasteiger partial charge in [0.1, 0.15) is 0 Å². The Labute approximate surface area is 146 Å². The second-order valence-electron chi connectivity index (χ2n) is 5.75. The molecule has 10 heteroatoms. The quantitative estimate of drug-likeness (QED) is 0.877. The first-order valence-electron chi connectivity index (χ1n) is 7.60. The lowest BCUT2D eigenvalue weighted by atomic mass is 10.0. The van der Waals surface area contributed by atoms with Gasteiger partial charge in [0.05, 0.1) is 16.8 Å². The summed E-state index contributed by atoms with van der Waals surface area (Å²) in [6, 6.07) is 2.85. The number of nitrogens with two attached hydrogens (primary N) is 1. The predicted octanol–water partition coefficient (Wildman–Crippen LogP) is 2.50. The number of pyridine rings is 1. The van der Waals surface area contributed by atoms with Crippen LogP contribution in [0.2, 0.25) is 5.02 Å². The van der Waals surface area contributed by atoms with Gasteiger partial charge >= 0.3 is 6.18 Å². The van der Waals surface area contributed by atoms with Crippen molar-refractivity contribution in [3.05, 3.63) is 40.8 Å². The summed E-state index contributed by atoms with van der Waals surface area (Å²) >= 11 is 5.93. The molecule has 1 aliphatic heterocycles. The highest BCUT2D eigenvalue weighted by atomic mass is 35.5. The highest BCUT2D eigenvalue weighted by molar-refractivity contribution is 6.32. The fraction of sp³-hybridized carbons (Fsp3) is 0.400. The molecule has 3 heterocycles. The molecule has 0 spiro atoms. The molecule has 0 aromatic carbocycles. The van der Waals surface area contributed by atoms with E-state index in [0.717, 1.165) is 6.20 Å². The van der Waals surface area contributed by atoms with Crippen molar-refractivity contribution in [2.75, 3.05) is 13.1 Å². The van der Waals surface area contributed by atoms with Crippen molar-refractivity contribution in [3.8, 4) is 5.82 Å². The third kappa shape index (κ3) is 3.47. The van der Waals surface area contributed by atoms with Crippen molar-refractivity contribution in [1.29, 1.82) is 0 Å². The highest BCUT2D eigenvalue weighted by Gasteiger charge is 2.42. The molecule has 0 unspecified atom stereocenters. The van der Waals surface area contributed by atoms with Crippen molar-refractivity contribution in [2.45, 2.75) is 25.1 Å². The summed E-state index contributed by atoms with van der Waals surface area (Å²) < 4.78 is 41.4. The lowest BCUT2D eigenvalue weighted by Gasteiger charge is -2.30. The molecule has 0 atom stereocenters. The molecule has 1 fully saturated rings. The molecule has 1 amide bonds. The van der Waals surface area contributed by atoms with Gasteiger partial charge in [0.15, 0.2) is 11.5 Å². The second kappa shape index (κ2) is 6.64. The van der Waals surface area contributed by atoms with Crippen LogP contribution in [0.5, 0.6) is 0 Å². The molecule has 2 N–H and O–H groups in total. The van der Waals surface area contributed by atoms with Crippen LogP contribution in [0.1, 0.15) is 28.9 Å². The molecular formula is C15H15ClF3N5O. The largest absolute Gasteiger partial charge is 0.434 e. The van der Waals surface area contributed by atoms with Crippen LogP contribution >= 0.6 is 11.6 Å². The second-order valence-corrected chi connectivity index (χ2v) is 6.16. The smallest absolute Gasteiger partial charge is 0.338 e. The first-order chi connectivity index (χ1) is 11.8. The molecule has 1 saturated heterocycles. The number of rotatable bonds is 2. The minimum atomic E-state index is -4.80. The Kier molecular flexibility index (Phi) is 4.70. The summed E-state index contributed by atoms with van der Waals surface area (Å²) in [6.45, 7) is 0.625. The average molecular weight is 374 g/mol. The minimum absolute atomic E-state index is 0.000884. The molecule has 3 rings (SSSR count). The van der Waals surface area contributed by atoms with Crippen LogP contribution in [0, 0.1) is 0 Å². The predicted molar refractivity (Wildman–Crippen MR) is 84.5 cm³/mol. The van der Waals surface area contributed by atoms with E-state index in [1.54, 1.807) is 0 Å². The van der Waals surface area contributed by atoms with E-state index < -0.39 is 23.3 Å². The van der Waals surface area contributed by atoms with Crippen LogP contribution in [-0.2, 0) is 6.18 Å². The number of carbonyl (C=O) groups excluding carboxylic acids is 1. The zero-order valence-corrected chi connectivity index (χ0v) is 13.8. The fourth-order valence-corrected chi connectivity index (χ4v) is 2.95. The Morgan fingerprint density at radius 1 is 1.32 bits per heavy atom. The molecule has 6 nitrogen and oxygen atoms in total. The maximum absolute atomic E-state index is 13.6. The number of aromatic nitrogens is 3. The van der Waals surface area contributed by atoms with Crippen molar-refractivity contribution < 1.29 is 18.0 Å². The van der Waals surface area contributed by atoms with Gasteiger partial charge in [-0.2, -0.15) is 18.3 Å². The lowest BCUT2D eigenvalue weighted by Crippen LogP contribution is -2.43. The van der Waals surface area contributed by atoms with Crippen LogP contribution in [0.15, 0.2) is 24.5 Å². The van der Waals surface area contributed by atoms with E-state index in [2.05, 4.69) is 10.1 Å². The van der Waals surface area contributed by atoms with E-state index in [1.807, 2.05) is 0 Å². The zero-order valence-electron chi connectivity index (χ0n) is 13.0. The van der Waals surface area contributed by atoms with E-state index >= 15 is 0 Å². The van der Waals surface area contributed by atoms with Crippen LogP contribution in [0.25, 0.3) is 5.82 Å². The summed E-state index contributed by atoms with van der Waals surface area (Å²) in [4.78, 5) is 17.8. The Bertz CT molecular complexity index is 784. The number of alkyl halides is 3. The molecular weight excluding hydrogens is 359 g/mol. The van der Waals surface area contributed by atoms with Gasteiger partial charge in [-0.1, -0.05) is 11.6 Å². The Balaban J connectivity index is 2.04. The van der Waals surface area contributed by atoms with Gasteiger partial charge in [0, 0.05) is 25.3 Å². The molecule has 0 aliphatic carbocycles. The first-order valence-corrected chi connectivity index (χ1v) is 7.98. The summed E-state index contributed by atoms with van der Waals surface area (Å²) in [5.74, 6) is -0.909. The van der Waals surface area contributed by atoms with E-state index in [9.17, 15) is 18.0 Å². The highest BCUT2D eigenvalue weighted by Crippen LogP contribution is 2.35. The standard InChI is InChI=1S/C15H15ClF3N5O/c16-11-2-1-5-21-13(11)24-12(15(17,18)19)10(8-22-24)14(25)23-6-3-9(20)4-7-23/h1-2,5,8-9H,3-4,6-7,20H2. The van der Waals surface area contributed by atoms with Crippen molar-refractivity contribution >= 4 is 17.5 Å². The molecule has 0 bridgehead atoms. The van der Waals surface area contributed by atoms with Gasteiger partial charge in [0.2, 0.25) is 0 Å². The maximum Gasteiger partial charge on any atom is 0.434 e. The van der Waals surface area contributed by atoms with Gasteiger partial charge in [-0.05, 0) is 25.0 Å². The van der Waals surface area contributed by atoms with E-state index in [0.29, 0.717) is 30.6 Å². The maximum atomic E-state index is 13.6. The van der Waals surface area contributed by atoms with Gasteiger partial charge in [-0.3, -0.25) is 4.79 Å².